The van der Waals surface area contributed by atoms with Crippen molar-refractivity contribution >= 4 is 39.3 Å². The molecule has 0 aliphatic carbocycles. The molecule has 0 unspecified atom stereocenters. The minimum absolute atomic E-state index is 0.278. The Morgan fingerprint density at radius 2 is 2.06 bits per heavy atom. The van der Waals surface area contributed by atoms with Crippen molar-refractivity contribution in [3.8, 4) is 0 Å². The van der Waals surface area contributed by atoms with Crippen LogP contribution < -0.4 is 0 Å². The number of benzene rings is 1. The summed E-state index contributed by atoms with van der Waals surface area (Å²) in [6.07, 6.45) is 1.73. The van der Waals surface area contributed by atoms with Gasteiger partial charge < -0.3 is 0 Å². The smallest absolute Gasteiger partial charge is 0.223 e. The fourth-order valence-corrected chi connectivity index (χ4v) is 2.72. The summed E-state index contributed by atoms with van der Waals surface area (Å²) in [7, 11) is 0. The van der Waals surface area contributed by atoms with Gasteiger partial charge in [0.2, 0.25) is 5.28 Å². The normalized spacial score (nSPS) is 10.4. The average molecular weight is 316 g/mol. The van der Waals surface area contributed by atoms with Crippen molar-refractivity contribution in [3.63, 3.8) is 0 Å². The molecule has 2 nitrogen and oxygen atoms in total. The van der Waals surface area contributed by atoms with Crippen LogP contribution >= 0.6 is 39.3 Å². The van der Waals surface area contributed by atoms with E-state index in [0.29, 0.717) is 0 Å². The van der Waals surface area contributed by atoms with Crippen molar-refractivity contribution in [1.29, 1.82) is 0 Å². The summed E-state index contributed by atoms with van der Waals surface area (Å²) in [5.41, 5.74) is 1.02. The highest BCUT2D eigenvalue weighted by atomic mass is 79.9. The Balaban J connectivity index is 2.34. The van der Waals surface area contributed by atoms with E-state index in [0.717, 1.165) is 20.0 Å². The van der Waals surface area contributed by atoms with Crippen molar-refractivity contribution in [2.45, 2.75) is 16.8 Å². The summed E-state index contributed by atoms with van der Waals surface area (Å²) in [5, 5.41) is 1.16. The van der Waals surface area contributed by atoms with Gasteiger partial charge in [-0.3, -0.25) is 0 Å². The van der Waals surface area contributed by atoms with Crippen LogP contribution in [-0.2, 0) is 0 Å². The maximum Gasteiger partial charge on any atom is 0.223 e. The molecule has 0 aliphatic rings. The Morgan fingerprint density at radius 3 is 2.81 bits per heavy atom. The third-order valence-corrected chi connectivity index (χ3v) is 4.26. The largest absolute Gasteiger partial charge is 0.226 e. The third-order valence-electron chi connectivity index (χ3n) is 1.94. The highest BCUT2D eigenvalue weighted by molar-refractivity contribution is 9.10. The second-order valence-electron chi connectivity index (χ2n) is 3.16. The molecule has 0 fully saturated rings. The summed E-state index contributed by atoms with van der Waals surface area (Å²) >= 11 is 10.8. The third kappa shape index (κ3) is 2.75. The van der Waals surface area contributed by atoms with Crippen LogP contribution in [0.2, 0.25) is 5.28 Å². The van der Waals surface area contributed by atoms with Crippen LogP contribution in [0, 0.1) is 6.92 Å². The van der Waals surface area contributed by atoms with Crippen molar-refractivity contribution < 1.29 is 0 Å². The first-order chi connectivity index (χ1) is 7.66. The minimum Gasteiger partial charge on any atom is -0.226 e. The van der Waals surface area contributed by atoms with Gasteiger partial charge in [0.15, 0.2) is 0 Å². The lowest BCUT2D eigenvalue weighted by molar-refractivity contribution is 1.00. The molecule has 0 aliphatic heterocycles. The van der Waals surface area contributed by atoms with Crippen molar-refractivity contribution in [1.82, 2.24) is 9.97 Å². The molecule has 0 saturated heterocycles. The molecule has 0 N–H and O–H groups in total. The van der Waals surface area contributed by atoms with Gasteiger partial charge in [0.05, 0.1) is 0 Å². The molecule has 16 heavy (non-hydrogen) atoms. The van der Waals surface area contributed by atoms with Gasteiger partial charge in [-0.2, -0.15) is 0 Å². The van der Waals surface area contributed by atoms with E-state index in [1.165, 1.54) is 0 Å². The molecule has 2 aromatic rings. The van der Waals surface area contributed by atoms with Gasteiger partial charge >= 0.3 is 0 Å². The maximum atomic E-state index is 5.78. The lowest BCUT2D eigenvalue weighted by atomic mass is 10.4. The zero-order valence-corrected chi connectivity index (χ0v) is 11.6. The van der Waals surface area contributed by atoms with Crippen molar-refractivity contribution in [2.75, 3.05) is 0 Å². The molecule has 82 valence electrons. The summed E-state index contributed by atoms with van der Waals surface area (Å²) in [6.45, 7) is 1.97. The van der Waals surface area contributed by atoms with E-state index >= 15 is 0 Å². The van der Waals surface area contributed by atoms with Crippen LogP contribution in [0.4, 0.5) is 0 Å². The Morgan fingerprint density at radius 1 is 1.31 bits per heavy atom. The Labute approximate surface area is 112 Å². The summed E-state index contributed by atoms with van der Waals surface area (Å²) in [5.74, 6) is 0. The van der Waals surface area contributed by atoms with Crippen LogP contribution in [0.25, 0.3) is 0 Å². The zero-order chi connectivity index (χ0) is 11.5. The van der Waals surface area contributed by atoms with Gasteiger partial charge in [-0.15, -0.1) is 0 Å². The first-order valence-electron chi connectivity index (χ1n) is 4.58. The van der Waals surface area contributed by atoms with Crippen molar-refractivity contribution in [3.05, 3.63) is 45.8 Å². The molecule has 1 heterocycles. The van der Waals surface area contributed by atoms with Gasteiger partial charge in [0.1, 0.15) is 5.03 Å². The highest BCUT2D eigenvalue weighted by Crippen LogP contribution is 2.33. The molecule has 0 atom stereocenters. The lowest BCUT2D eigenvalue weighted by Crippen LogP contribution is -1.89. The number of aromatic nitrogens is 2. The fourth-order valence-electron chi connectivity index (χ4n) is 1.14. The molecule has 0 saturated carbocycles. The molecule has 0 amide bonds. The van der Waals surface area contributed by atoms with E-state index in [2.05, 4.69) is 25.9 Å². The van der Waals surface area contributed by atoms with E-state index in [1.807, 2.05) is 31.2 Å². The predicted octanol–water partition coefficient (Wildman–Crippen LogP) is 4.35. The number of hydrogen-bond donors (Lipinski definition) is 0. The first-order valence-corrected chi connectivity index (χ1v) is 6.57. The SMILES string of the molecule is Cc1cnc(Cl)nc1Sc1ccccc1Br. The molecule has 0 spiro atoms. The molecular weight excluding hydrogens is 308 g/mol. The number of hydrogen-bond acceptors (Lipinski definition) is 3. The Hall–Kier alpha value is -0.580. The second-order valence-corrected chi connectivity index (χ2v) is 5.38. The van der Waals surface area contributed by atoms with Crippen molar-refractivity contribution in [2.24, 2.45) is 0 Å². The highest BCUT2D eigenvalue weighted by Gasteiger charge is 2.06. The lowest BCUT2D eigenvalue weighted by Gasteiger charge is -2.05. The van der Waals surface area contributed by atoms with Gasteiger partial charge in [0.25, 0.3) is 0 Å². The molecule has 0 bridgehead atoms. The summed E-state index contributed by atoms with van der Waals surface area (Å²) in [4.78, 5) is 9.25. The Kier molecular flexibility index (Phi) is 3.84. The van der Waals surface area contributed by atoms with Gasteiger partial charge in [-0.05, 0) is 46.6 Å². The van der Waals surface area contributed by atoms with E-state index < -0.39 is 0 Å². The van der Waals surface area contributed by atoms with Crippen LogP contribution in [-0.4, -0.2) is 9.97 Å². The summed E-state index contributed by atoms with van der Waals surface area (Å²) in [6, 6.07) is 8.00. The molecule has 2 rings (SSSR count). The molecule has 1 aromatic heterocycles. The number of rotatable bonds is 2. The zero-order valence-electron chi connectivity index (χ0n) is 8.45. The standard InChI is InChI=1S/C11H8BrClN2S/c1-7-6-14-11(13)15-10(7)16-9-5-3-2-4-8(9)12/h2-6H,1H3. The number of nitrogens with zero attached hydrogens (tertiary/aromatic N) is 2. The van der Waals surface area contributed by atoms with E-state index in [-0.39, 0.29) is 5.28 Å². The van der Waals surface area contributed by atoms with E-state index in [1.54, 1.807) is 18.0 Å². The fraction of sp³-hybridized carbons (Fsp3) is 0.0909. The second kappa shape index (κ2) is 5.17. The van der Waals surface area contributed by atoms with Gasteiger partial charge in [-0.1, -0.05) is 23.9 Å². The van der Waals surface area contributed by atoms with Gasteiger partial charge in [0, 0.05) is 21.1 Å². The van der Waals surface area contributed by atoms with E-state index in [4.69, 9.17) is 11.6 Å². The van der Waals surface area contributed by atoms with Crippen LogP contribution in [0.15, 0.2) is 44.9 Å². The Bertz CT molecular complexity index is 519. The molecule has 5 heteroatoms. The van der Waals surface area contributed by atoms with Crippen LogP contribution in [0.3, 0.4) is 0 Å². The quantitative estimate of drug-likeness (QED) is 0.608. The molecule has 1 aromatic carbocycles. The van der Waals surface area contributed by atoms with Crippen LogP contribution in [0.1, 0.15) is 5.56 Å². The number of aryl methyl sites for hydroxylation is 1. The molecular formula is C11H8BrClN2S. The number of halogens is 2. The van der Waals surface area contributed by atoms with E-state index in [9.17, 15) is 0 Å². The molecule has 0 radical (unpaired) electrons. The van der Waals surface area contributed by atoms with Crippen LogP contribution in [0.5, 0.6) is 0 Å². The minimum atomic E-state index is 0.278. The average Bonchev–Trinajstić information content (AvgIpc) is 2.27. The topological polar surface area (TPSA) is 25.8 Å². The monoisotopic (exact) mass is 314 g/mol. The maximum absolute atomic E-state index is 5.78. The predicted molar refractivity (Wildman–Crippen MR) is 70.0 cm³/mol. The van der Waals surface area contributed by atoms with Gasteiger partial charge in [-0.25, -0.2) is 9.97 Å². The first kappa shape index (κ1) is 11.9. The summed E-state index contributed by atoms with van der Waals surface area (Å²) < 4.78 is 1.05.